The molecule has 9 atom stereocenters. The number of aliphatic hydroxyl groups excluding tert-OH is 2. The minimum absolute atomic E-state index is 0.0421. The number of carbonyl (C=O) groups excluding carboxylic acids is 3. The van der Waals surface area contributed by atoms with E-state index in [4.69, 9.17) is 28.9 Å². The van der Waals surface area contributed by atoms with Gasteiger partial charge in [0.25, 0.3) is 11.7 Å². The average Bonchev–Trinajstić information content (AvgIpc) is 3.75. The molecular formula is C48H66N4O11. The van der Waals surface area contributed by atoms with Crippen LogP contribution >= 0.6 is 0 Å². The average molecular weight is 875 g/mol. The second-order valence-electron chi connectivity index (χ2n) is 18.2. The quantitative estimate of drug-likeness (QED) is 0.130. The lowest BCUT2D eigenvalue weighted by molar-refractivity contribution is -0.160. The second kappa shape index (κ2) is 19.1. The summed E-state index contributed by atoms with van der Waals surface area (Å²) < 4.78 is 24.0. The first-order valence-electron chi connectivity index (χ1n) is 22.4. The Morgan fingerprint density at radius 2 is 1.62 bits per heavy atom. The number of esters is 1. The molecule has 4 aliphatic heterocycles. The maximum absolute atomic E-state index is 14.8. The molecule has 4 heterocycles. The van der Waals surface area contributed by atoms with Gasteiger partial charge in [0, 0.05) is 87.1 Å². The number of methoxy groups -OCH3 is 1. The van der Waals surface area contributed by atoms with Crippen LogP contribution in [0.4, 0.5) is 5.69 Å². The number of anilines is 1. The lowest BCUT2D eigenvalue weighted by Crippen LogP contribution is -2.46. The molecule has 1 fully saturated rings. The normalized spacial score (nSPS) is 31.9. The van der Waals surface area contributed by atoms with Gasteiger partial charge in [-0.3, -0.25) is 24.4 Å². The van der Waals surface area contributed by atoms with Crippen molar-refractivity contribution in [3.63, 3.8) is 0 Å². The number of piperidine rings is 1. The number of nitrogens with zero attached hydrogens (tertiary/aromatic N) is 3. The number of fused-ring (bicyclic) bond motifs is 1. The maximum Gasteiger partial charge on any atom is 0.312 e. The number of phenols is 2. The minimum Gasteiger partial charge on any atom is -0.507 e. The fourth-order valence-electron chi connectivity index (χ4n) is 9.49. The molecule has 0 radical (unpaired) electrons. The van der Waals surface area contributed by atoms with Gasteiger partial charge in [-0.2, -0.15) is 0 Å². The first-order valence-corrected chi connectivity index (χ1v) is 22.4. The van der Waals surface area contributed by atoms with Crippen LogP contribution < -0.4 is 20.8 Å². The number of aliphatic hydroxyl groups is 2. The fourth-order valence-corrected chi connectivity index (χ4v) is 9.49. The summed E-state index contributed by atoms with van der Waals surface area (Å²) >= 11 is 0. The standard InChI is InChI=1S/C48H66N4O11/c1-11-12-13-14-21-52-22-19-48(20-23-52)50-36-33-34-41(56)30(7)44-35(33)45(58)47(9,63-44)61-24-18-32(60-10)27(4)43(62-31(8)53)29(6)40(55)28(5)39(54)25(2)16-15-17-26(3)46(59)49-38(42(34)57)37(36)51-48/h15-18,24-25,27-29,32,39-40,43,54-57H,11-14,19-23H2,1-10H3,(H,49,59)/b16-15-,24-18-,26-17+/t25-,27-,28+,29+,32-,39-,40+,43-,47-/m0/s1. The molecule has 15 heteroatoms. The minimum atomic E-state index is -1.96. The molecule has 344 valence electrons. The number of carbonyl (C=O) groups is 3. The van der Waals surface area contributed by atoms with Crippen molar-refractivity contribution < 1.29 is 53.8 Å². The number of phenolic OH excluding ortho intramolecular Hbond substituents is 2. The Kier molecular flexibility index (Phi) is 14.4. The SMILES string of the molecule is CCCCCCN1CCC2(CC1)N=c1c3c(O)c4c(O)c(C)c5c(c4c1=N2)C(=O)[C@@](C)(O/C=C\[C@H](OC)[C@H](C)[C@H](OC(C)=O)[C@H](C)[C@H](O)[C@H](C)[C@@H](O)[C@@H](C)/C=C\C=C(/C)C(=O)N3)O5. The van der Waals surface area contributed by atoms with Crippen LogP contribution in [-0.4, -0.2) is 106 Å². The van der Waals surface area contributed by atoms with Gasteiger partial charge in [-0.1, -0.05) is 72.1 Å². The number of ketones is 1. The summed E-state index contributed by atoms with van der Waals surface area (Å²) in [6, 6.07) is 0. The van der Waals surface area contributed by atoms with E-state index in [0.29, 0.717) is 12.8 Å². The van der Waals surface area contributed by atoms with Gasteiger partial charge in [-0.25, -0.2) is 0 Å². The van der Waals surface area contributed by atoms with Crippen molar-refractivity contribution >= 4 is 34.1 Å². The molecule has 2 aromatic rings. The number of benzene rings is 2. The van der Waals surface area contributed by atoms with Gasteiger partial charge in [0.2, 0.25) is 0 Å². The van der Waals surface area contributed by atoms with E-state index in [1.54, 1.807) is 65.8 Å². The van der Waals surface area contributed by atoms with Gasteiger partial charge >= 0.3 is 11.8 Å². The zero-order chi connectivity index (χ0) is 46.1. The number of allylic oxidation sites excluding steroid dienone is 2. The molecule has 15 nitrogen and oxygen atoms in total. The highest BCUT2D eigenvalue weighted by Crippen LogP contribution is 2.50. The Labute approximate surface area is 369 Å². The van der Waals surface area contributed by atoms with Crippen molar-refractivity contribution in [1.29, 1.82) is 0 Å². The van der Waals surface area contributed by atoms with Crippen LogP contribution in [0.2, 0.25) is 0 Å². The number of Topliss-reactive ketones (excluding diaryl/α,β-unsaturated/α-hetero) is 1. The largest absolute Gasteiger partial charge is 0.507 e. The highest BCUT2D eigenvalue weighted by atomic mass is 16.7. The summed E-state index contributed by atoms with van der Waals surface area (Å²) in [6.45, 7) is 17.5. The lowest BCUT2D eigenvalue weighted by atomic mass is 9.78. The summed E-state index contributed by atoms with van der Waals surface area (Å²) in [7, 11) is 1.47. The van der Waals surface area contributed by atoms with Crippen molar-refractivity contribution in [2.45, 2.75) is 137 Å². The van der Waals surface area contributed by atoms with Crippen molar-refractivity contribution in [2.75, 3.05) is 32.1 Å². The van der Waals surface area contributed by atoms with Crippen LogP contribution in [0.25, 0.3) is 10.8 Å². The Hall–Kier alpha value is -4.83. The zero-order valence-corrected chi connectivity index (χ0v) is 38.4. The predicted molar refractivity (Wildman–Crippen MR) is 237 cm³/mol. The van der Waals surface area contributed by atoms with Gasteiger partial charge in [0.1, 0.15) is 28.6 Å². The topological polar surface area (TPSA) is 209 Å². The monoisotopic (exact) mass is 874 g/mol. The first kappa shape index (κ1) is 47.6. The fraction of sp³-hybridized carbons (Fsp3) is 0.604. The molecule has 4 aliphatic rings. The lowest BCUT2D eigenvalue weighted by Gasteiger charge is -2.38. The van der Waals surface area contributed by atoms with Gasteiger partial charge in [-0.05, 0) is 32.9 Å². The number of likely N-dealkylation sites (tertiary alicyclic amines) is 1. The number of hydrogen-bond donors (Lipinski definition) is 5. The summed E-state index contributed by atoms with van der Waals surface area (Å²) in [4.78, 5) is 53.9. The summed E-state index contributed by atoms with van der Waals surface area (Å²) in [5.74, 6) is -6.87. The van der Waals surface area contributed by atoms with E-state index in [1.807, 2.05) is 0 Å². The van der Waals surface area contributed by atoms with E-state index in [1.165, 1.54) is 33.6 Å². The van der Waals surface area contributed by atoms with Gasteiger partial charge < -0.3 is 49.6 Å². The Morgan fingerprint density at radius 1 is 0.937 bits per heavy atom. The third-order valence-corrected chi connectivity index (χ3v) is 13.6. The van der Waals surface area contributed by atoms with Crippen LogP contribution in [-0.2, 0) is 23.8 Å². The molecule has 1 saturated heterocycles. The summed E-state index contributed by atoms with van der Waals surface area (Å²) in [6.07, 6.45) is 9.68. The van der Waals surface area contributed by atoms with Crippen LogP contribution in [0.1, 0.15) is 110 Å². The van der Waals surface area contributed by atoms with Crippen molar-refractivity contribution in [1.82, 2.24) is 4.90 Å². The molecule has 0 unspecified atom stereocenters. The molecule has 0 saturated carbocycles. The third kappa shape index (κ3) is 9.25. The van der Waals surface area contributed by atoms with Crippen molar-refractivity contribution in [2.24, 2.45) is 33.7 Å². The molecule has 5 N–H and O–H groups in total. The van der Waals surface area contributed by atoms with Gasteiger partial charge in [0.05, 0.1) is 40.9 Å². The van der Waals surface area contributed by atoms with Crippen molar-refractivity contribution in [3.05, 3.63) is 58.0 Å². The number of nitrogens with one attached hydrogen (secondary N) is 1. The van der Waals surface area contributed by atoms with E-state index >= 15 is 0 Å². The summed E-state index contributed by atoms with van der Waals surface area (Å²) in [5, 5.41) is 50.3. The molecule has 0 aliphatic carbocycles. The van der Waals surface area contributed by atoms with E-state index in [-0.39, 0.29) is 55.4 Å². The molecule has 6 rings (SSSR count). The number of amides is 1. The molecule has 63 heavy (non-hydrogen) atoms. The third-order valence-electron chi connectivity index (χ3n) is 13.6. The number of rotatable bonds is 7. The molecular weight excluding hydrogens is 809 g/mol. The highest BCUT2D eigenvalue weighted by Gasteiger charge is 2.50. The molecule has 0 aromatic heterocycles. The Bertz CT molecular complexity index is 2320. The zero-order valence-electron chi connectivity index (χ0n) is 38.4. The molecule has 4 bridgehead atoms. The smallest absolute Gasteiger partial charge is 0.312 e. The van der Waals surface area contributed by atoms with Crippen LogP contribution in [0, 0.1) is 30.6 Å². The van der Waals surface area contributed by atoms with E-state index in [0.717, 1.165) is 38.9 Å². The highest BCUT2D eigenvalue weighted by molar-refractivity contribution is 6.19. The number of hydrogen-bond acceptors (Lipinski definition) is 14. The molecule has 2 aromatic carbocycles. The Morgan fingerprint density at radius 3 is 2.27 bits per heavy atom. The maximum atomic E-state index is 14.8. The predicted octanol–water partition coefficient (Wildman–Crippen LogP) is 5.67. The van der Waals surface area contributed by atoms with Crippen LogP contribution in [0.3, 0.4) is 0 Å². The van der Waals surface area contributed by atoms with Crippen LogP contribution in [0.5, 0.6) is 17.2 Å². The van der Waals surface area contributed by atoms with Crippen molar-refractivity contribution in [3.8, 4) is 17.2 Å². The van der Waals surface area contributed by atoms with Crippen LogP contribution in [0.15, 0.2) is 46.1 Å². The van der Waals surface area contributed by atoms with Gasteiger partial charge in [0.15, 0.2) is 11.4 Å². The Balaban J connectivity index is 1.51. The summed E-state index contributed by atoms with van der Waals surface area (Å²) in [5.41, 5.74) is -0.545. The van der Waals surface area contributed by atoms with E-state index in [2.05, 4.69) is 17.1 Å². The van der Waals surface area contributed by atoms with E-state index < -0.39 is 82.9 Å². The number of unbranched alkanes of at least 4 members (excludes halogenated alkanes) is 3. The number of aromatic hydroxyl groups is 2. The van der Waals surface area contributed by atoms with E-state index in [9.17, 15) is 34.8 Å². The van der Waals surface area contributed by atoms with Gasteiger partial charge in [-0.15, -0.1) is 0 Å². The first-order chi connectivity index (χ1) is 29.8. The molecule has 1 spiro atoms. The molecule has 1 amide bonds. The second-order valence-corrected chi connectivity index (χ2v) is 18.2. The number of ether oxygens (including phenoxy) is 4.